The van der Waals surface area contributed by atoms with Gasteiger partial charge in [-0.25, -0.2) is 41.1 Å². The molecule has 0 heterocycles. The predicted octanol–water partition coefficient (Wildman–Crippen LogP) is 12.3. The second-order valence-corrected chi connectivity index (χ2v) is 22.6. The van der Waals surface area contributed by atoms with Gasteiger partial charge >= 0.3 is 24.4 Å². The average Bonchev–Trinajstić information content (AvgIpc) is 3.31. The van der Waals surface area contributed by atoms with E-state index in [0.29, 0.717) is 76.0 Å². The molecule has 0 aliphatic carbocycles. The Kier molecular flexibility index (Phi) is 61.0. The first-order chi connectivity index (χ1) is 42.1. The zero-order chi connectivity index (χ0) is 69.9. The molecule has 30 heteroatoms. The van der Waals surface area contributed by atoms with E-state index in [1.165, 1.54) is 0 Å². The molecule has 530 valence electrons. The van der Waals surface area contributed by atoms with Gasteiger partial charge in [-0.05, 0) is 147 Å². The summed E-state index contributed by atoms with van der Waals surface area (Å²) in [6.07, 6.45) is -0.316. The zero-order valence-corrected chi connectivity index (χ0v) is 57.7. The molecule has 6 amide bonds. The molecule has 16 N–H and O–H groups in total. The number of hydrogen-bond donors (Lipinski definition) is 11. The van der Waals surface area contributed by atoms with E-state index in [-0.39, 0.29) is 102 Å². The first kappa shape index (κ1) is 99.1. The van der Waals surface area contributed by atoms with Gasteiger partial charge in [0, 0.05) is 88.0 Å². The van der Waals surface area contributed by atoms with E-state index < -0.39 is 52.0 Å². The summed E-state index contributed by atoms with van der Waals surface area (Å²) in [5.41, 5.74) is 16.6. The zero-order valence-electron chi connectivity index (χ0n) is 54.5. The highest BCUT2D eigenvalue weighted by Gasteiger charge is 2.19. The highest BCUT2D eigenvalue weighted by Crippen LogP contribution is 2.10. The Bertz CT molecular complexity index is 2580. The SMILES string of the molecule is C.CC(C)(C)OC(=O)NCC(=CF)CBr.CC(C)(C)OC(=O)NCC(=CF)CN.CC(C)(C)OC(=O)NCC(=CF)CN.CC(C)(C)OC(=O)NCC(=CF)CNC(=O)c1ccccc1.CO.Cl.N.NC/C(=C\F)CNC(=O)c1ccccc1.O=C(Cl)c1ccccc1. The summed E-state index contributed by atoms with van der Waals surface area (Å²) in [5.74, 6) is -0.541. The maximum atomic E-state index is 12.8. The quantitative estimate of drug-likeness (QED) is 0.0230. The molecular weight excluding hydrogens is 1330 g/mol. The molecule has 0 atom stereocenters. The molecule has 0 radical (unpaired) electrons. The van der Waals surface area contributed by atoms with Gasteiger partial charge in [0.25, 0.3) is 17.1 Å². The van der Waals surface area contributed by atoms with Crippen LogP contribution in [0, 0.1) is 0 Å². The standard InChI is InChI=1S/C16H21FN2O3.C11H13FN2O.C9H15BrFNO2.2C9H17FN2O2.C7H5ClO.CH4O.CH4.ClH.H3N/c1-16(2,3)22-15(21)19-11-12(9-17)10-18-14(20)13-7-5-4-6-8-13;12-6-9(7-13)8-14-11(15)10-4-2-1-3-5-10;3*1-9(2,3)14-8(13)12-6-7(4-10)5-11;8-7(9)6-4-2-1-3-5-6;1-2;;;/h4-9H,10-11H2,1-3H3,(H,18,20)(H,19,21);1-6H,7-8,13H2,(H,14,15);5H,4,6H2,1-3H3,(H,12,13);2*4H,5-6,11H2,1-3H3,(H,12,13);1-5H;2H,1H3;1H4;1H;1H3/b;9-6+;;;;;;;;. The summed E-state index contributed by atoms with van der Waals surface area (Å²) in [6, 6.07) is 26.1. The Morgan fingerprint density at radius 1 is 0.419 bits per heavy atom. The van der Waals surface area contributed by atoms with E-state index in [2.05, 4.69) is 47.8 Å². The molecule has 0 fully saturated rings. The minimum atomic E-state index is -0.638. The van der Waals surface area contributed by atoms with Crippen molar-refractivity contribution < 1.29 is 79.6 Å². The Morgan fingerprint density at radius 2 is 0.624 bits per heavy atom. The van der Waals surface area contributed by atoms with Gasteiger partial charge < -0.3 is 79.3 Å². The first-order valence-corrected chi connectivity index (χ1v) is 28.9. The molecule has 0 aliphatic heterocycles. The second-order valence-electron chi connectivity index (χ2n) is 21.7. The number of nitrogens with two attached hydrogens (primary N) is 3. The van der Waals surface area contributed by atoms with Crippen molar-refractivity contribution in [1.82, 2.24) is 38.1 Å². The van der Waals surface area contributed by atoms with Crippen molar-refractivity contribution in [1.29, 1.82) is 0 Å². The van der Waals surface area contributed by atoms with Crippen molar-refractivity contribution >= 4 is 81.4 Å². The summed E-state index contributed by atoms with van der Waals surface area (Å²) in [6.45, 7) is 21.7. The number of aliphatic hydroxyl groups excluding tert-OH is 1. The Morgan fingerprint density at radius 3 is 0.817 bits per heavy atom. The van der Waals surface area contributed by atoms with Gasteiger partial charge in [0.1, 0.15) is 22.4 Å². The Hall–Kier alpha value is -7.44. The number of nitrogens with one attached hydrogen (secondary N) is 6. The molecule has 0 saturated heterocycles. The van der Waals surface area contributed by atoms with E-state index in [4.69, 9.17) is 52.9 Å². The third-order valence-electron chi connectivity index (χ3n) is 9.19. The number of benzene rings is 3. The van der Waals surface area contributed by atoms with E-state index in [1.54, 1.807) is 162 Å². The van der Waals surface area contributed by atoms with Crippen molar-refractivity contribution in [3.05, 3.63) is 167 Å². The fraction of sp³-hybridized carbons (Fsp3) is 0.444. The maximum absolute atomic E-state index is 12.8. The van der Waals surface area contributed by atoms with Gasteiger partial charge in [0.2, 0.25) is 0 Å². The number of alkyl halides is 1. The lowest BCUT2D eigenvalue weighted by molar-refractivity contribution is 0.0521. The third kappa shape index (κ3) is 61.8. The molecule has 3 aromatic rings. The lowest BCUT2D eigenvalue weighted by atomic mass is 10.2. The van der Waals surface area contributed by atoms with Crippen LogP contribution < -0.4 is 55.3 Å². The number of hydrogen-bond acceptors (Lipinski definition) is 16. The molecule has 93 heavy (non-hydrogen) atoms. The highest BCUT2D eigenvalue weighted by molar-refractivity contribution is 9.09. The third-order valence-corrected chi connectivity index (χ3v) is 10.1. The number of carbonyl (C=O) groups is 7. The van der Waals surface area contributed by atoms with Crippen LogP contribution in [-0.4, -0.2) is 140 Å². The molecule has 0 aromatic heterocycles. The predicted molar refractivity (Wildman–Crippen MR) is 365 cm³/mol. The number of amides is 6. The number of rotatable bonds is 19. The summed E-state index contributed by atoms with van der Waals surface area (Å²) in [4.78, 5) is 78.4. The van der Waals surface area contributed by atoms with Crippen LogP contribution in [0.1, 0.15) is 122 Å². The van der Waals surface area contributed by atoms with Crippen LogP contribution in [0.2, 0.25) is 0 Å². The summed E-state index contributed by atoms with van der Waals surface area (Å²) in [5, 5.41) is 21.8. The van der Waals surface area contributed by atoms with Gasteiger partial charge in [-0.1, -0.05) is 90.1 Å². The van der Waals surface area contributed by atoms with E-state index in [0.717, 1.165) is 7.11 Å². The van der Waals surface area contributed by atoms with E-state index in [9.17, 15) is 55.5 Å². The van der Waals surface area contributed by atoms with Crippen LogP contribution in [0.15, 0.2) is 151 Å². The number of aliphatic hydroxyl groups is 1. The van der Waals surface area contributed by atoms with Crippen LogP contribution in [0.4, 0.5) is 41.1 Å². The van der Waals surface area contributed by atoms with Crippen LogP contribution in [0.3, 0.4) is 0 Å². The lowest BCUT2D eigenvalue weighted by Gasteiger charge is -2.20. The number of halogens is 8. The van der Waals surface area contributed by atoms with Gasteiger partial charge in [-0.3, -0.25) is 14.4 Å². The number of alkyl carbamates (subject to hydrolysis) is 4. The normalized spacial score (nSPS) is 11.2. The monoisotopic (exact) mass is 1430 g/mol. The fourth-order valence-corrected chi connectivity index (χ4v) is 5.51. The van der Waals surface area contributed by atoms with E-state index in [1.807, 2.05) is 12.1 Å². The molecule has 3 aromatic carbocycles. The van der Waals surface area contributed by atoms with Gasteiger partial charge in [-0.15, -0.1) is 12.4 Å². The average molecular weight is 1440 g/mol. The van der Waals surface area contributed by atoms with Crippen LogP contribution >= 0.6 is 39.9 Å². The Labute approximate surface area is 565 Å². The summed E-state index contributed by atoms with van der Waals surface area (Å²) < 4.78 is 80.9. The Balaban J connectivity index is -0.000000192. The van der Waals surface area contributed by atoms with Crippen LogP contribution in [-0.2, 0) is 18.9 Å². The topological polar surface area (TPSA) is 362 Å². The molecule has 22 nitrogen and oxygen atoms in total. The van der Waals surface area contributed by atoms with Crippen molar-refractivity contribution in [3.63, 3.8) is 0 Å². The van der Waals surface area contributed by atoms with Gasteiger partial charge in [0.15, 0.2) is 0 Å². The molecule has 0 saturated carbocycles. The van der Waals surface area contributed by atoms with E-state index >= 15 is 0 Å². The van der Waals surface area contributed by atoms with Crippen LogP contribution in [0.5, 0.6) is 0 Å². The molecule has 0 bridgehead atoms. The molecule has 0 aliphatic rings. The molecule has 0 unspecified atom stereocenters. The van der Waals surface area contributed by atoms with Gasteiger partial charge in [-0.2, -0.15) is 0 Å². The van der Waals surface area contributed by atoms with Crippen LogP contribution in [0.25, 0.3) is 0 Å². The highest BCUT2D eigenvalue weighted by atomic mass is 79.9. The van der Waals surface area contributed by atoms with Crippen molar-refractivity contribution in [2.24, 2.45) is 17.2 Å². The lowest BCUT2D eigenvalue weighted by Crippen LogP contribution is -2.35. The molecule has 0 spiro atoms. The fourth-order valence-electron chi connectivity index (χ4n) is 5.06. The van der Waals surface area contributed by atoms with Crippen molar-refractivity contribution in [2.45, 2.75) is 113 Å². The number of carbonyl (C=O) groups excluding carboxylic acids is 7. The summed E-state index contributed by atoms with van der Waals surface area (Å²) >= 11 is 8.25. The minimum Gasteiger partial charge on any atom is -0.444 e. The summed E-state index contributed by atoms with van der Waals surface area (Å²) in [7, 11) is 1.00. The largest absolute Gasteiger partial charge is 0.444 e. The molecular formula is C63H100BrCl2F5N10O12. The van der Waals surface area contributed by atoms with Gasteiger partial charge in [0.05, 0.1) is 31.6 Å². The smallest absolute Gasteiger partial charge is 0.407 e. The van der Waals surface area contributed by atoms with Crippen molar-refractivity contribution in [2.75, 3.05) is 71.3 Å². The number of ether oxygens (including phenoxy) is 4. The minimum absolute atomic E-state index is 0. The first-order valence-electron chi connectivity index (χ1n) is 27.4. The van der Waals surface area contributed by atoms with Crippen molar-refractivity contribution in [3.8, 4) is 0 Å². The second kappa shape index (κ2) is 57.2. The molecule has 3 rings (SSSR count). The maximum Gasteiger partial charge on any atom is 0.407 e.